The van der Waals surface area contributed by atoms with Crippen molar-refractivity contribution in [3.05, 3.63) is 0 Å². The molecule has 0 spiro atoms. The maximum Gasteiger partial charge on any atom is 0.303 e. The second kappa shape index (κ2) is 9.71. The molecule has 0 aliphatic heterocycles. The van der Waals surface area contributed by atoms with E-state index in [2.05, 4.69) is 18.2 Å². The molecule has 0 fully saturated rings. The molecule has 0 bridgehead atoms. The van der Waals surface area contributed by atoms with Crippen LogP contribution in [0.2, 0.25) is 0 Å². The van der Waals surface area contributed by atoms with Crippen molar-refractivity contribution in [2.45, 2.75) is 45.4 Å². The third kappa shape index (κ3) is 9.43. The number of hydrogen-bond acceptors (Lipinski definition) is 2. The molecule has 1 atom stereocenters. The van der Waals surface area contributed by atoms with Gasteiger partial charge in [0.1, 0.15) is 0 Å². The van der Waals surface area contributed by atoms with Crippen LogP contribution in [0, 0.1) is 18.3 Å². The third-order valence-electron chi connectivity index (χ3n) is 2.60. The summed E-state index contributed by atoms with van der Waals surface area (Å²) in [6.45, 7) is 2.65. The van der Waals surface area contributed by atoms with Gasteiger partial charge < -0.3 is 10.4 Å². The summed E-state index contributed by atoms with van der Waals surface area (Å²) in [6, 6.07) is 0. The van der Waals surface area contributed by atoms with E-state index in [0.29, 0.717) is 18.9 Å². The average molecular weight is 239 g/mol. The molecule has 17 heavy (non-hydrogen) atoms. The second-order valence-corrected chi connectivity index (χ2v) is 4.11. The normalized spacial score (nSPS) is 11.5. The number of carbonyl (C=O) groups is 2. The molecule has 0 aliphatic carbocycles. The lowest BCUT2D eigenvalue weighted by molar-refractivity contribution is -0.137. The maximum absolute atomic E-state index is 11.1. The Morgan fingerprint density at radius 1 is 1.35 bits per heavy atom. The van der Waals surface area contributed by atoms with Crippen LogP contribution in [0.1, 0.15) is 45.4 Å². The molecule has 0 rings (SSSR count). The molecule has 0 aromatic carbocycles. The fourth-order valence-electron chi connectivity index (χ4n) is 1.74. The van der Waals surface area contributed by atoms with Crippen LogP contribution < -0.4 is 5.32 Å². The van der Waals surface area contributed by atoms with Crippen LogP contribution in [0.25, 0.3) is 0 Å². The topological polar surface area (TPSA) is 66.4 Å². The van der Waals surface area contributed by atoms with Gasteiger partial charge in [-0.15, -0.1) is 6.42 Å². The quantitative estimate of drug-likeness (QED) is 0.603. The third-order valence-corrected chi connectivity index (χ3v) is 2.60. The molecule has 0 heterocycles. The lowest BCUT2D eigenvalue weighted by Gasteiger charge is -2.15. The minimum atomic E-state index is -0.762. The van der Waals surface area contributed by atoms with E-state index >= 15 is 0 Å². The monoisotopic (exact) mass is 239 g/mol. The van der Waals surface area contributed by atoms with E-state index < -0.39 is 5.97 Å². The lowest BCUT2D eigenvalue weighted by Crippen LogP contribution is -2.25. The standard InChI is InChI=1S/C13H21NO3/c1-3-5-11(7-8-13(16)17)9-10-14-12(15)6-4-2/h2,11H,3,5-10H2,1H3,(H,14,15)(H,16,17). The van der Waals surface area contributed by atoms with Gasteiger partial charge >= 0.3 is 5.97 Å². The molecule has 4 nitrogen and oxygen atoms in total. The molecule has 0 aliphatic rings. The number of carboxylic acids is 1. The lowest BCUT2D eigenvalue weighted by atomic mass is 9.94. The summed E-state index contributed by atoms with van der Waals surface area (Å²) in [4.78, 5) is 21.6. The Kier molecular flexibility index (Phi) is 8.85. The van der Waals surface area contributed by atoms with Gasteiger partial charge in [0.15, 0.2) is 0 Å². The minimum Gasteiger partial charge on any atom is -0.481 e. The minimum absolute atomic E-state index is 0.105. The van der Waals surface area contributed by atoms with Crippen LogP contribution in [0.4, 0.5) is 0 Å². The number of nitrogens with one attached hydrogen (secondary N) is 1. The first-order valence-electron chi connectivity index (χ1n) is 6.02. The Bertz CT molecular complexity index is 281. The number of carboxylic acid groups (broad SMARTS) is 1. The van der Waals surface area contributed by atoms with E-state index in [4.69, 9.17) is 11.5 Å². The summed E-state index contributed by atoms with van der Waals surface area (Å²) in [6.07, 6.45) is 8.84. The van der Waals surface area contributed by atoms with E-state index in [1.54, 1.807) is 0 Å². The highest BCUT2D eigenvalue weighted by atomic mass is 16.4. The molecular formula is C13H21NO3. The van der Waals surface area contributed by atoms with Gasteiger partial charge in [-0.3, -0.25) is 9.59 Å². The number of carbonyl (C=O) groups excluding carboxylic acids is 1. The molecule has 0 saturated heterocycles. The van der Waals surface area contributed by atoms with Gasteiger partial charge in [-0.2, -0.15) is 0 Å². The number of aliphatic carboxylic acids is 1. The molecule has 0 aromatic rings. The van der Waals surface area contributed by atoms with Crippen molar-refractivity contribution in [1.82, 2.24) is 5.32 Å². The fourth-order valence-corrected chi connectivity index (χ4v) is 1.74. The highest BCUT2D eigenvalue weighted by molar-refractivity contribution is 5.78. The number of terminal acetylenes is 1. The van der Waals surface area contributed by atoms with Crippen molar-refractivity contribution in [2.75, 3.05) is 6.54 Å². The molecule has 1 unspecified atom stereocenters. The van der Waals surface area contributed by atoms with E-state index in [9.17, 15) is 9.59 Å². The number of rotatable bonds is 9. The van der Waals surface area contributed by atoms with E-state index in [-0.39, 0.29) is 18.7 Å². The molecular weight excluding hydrogens is 218 g/mol. The Morgan fingerprint density at radius 3 is 2.59 bits per heavy atom. The van der Waals surface area contributed by atoms with E-state index in [1.165, 1.54) is 0 Å². The van der Waals surface area contributed by atoms with Crippen molar-refractivity contribution in [1.29, 1.82) is 0 Å². The Balaban J connectivity index is 3.80. The molecule has 96 valence electrons. The SMILES string of the molecule is C#CCC(=O)NCCC(CCC)CCC(=O)O. The van der Waals surface area contributed by atoms with Gasteiger partial charge in [0.25, 0.3) is 0 Å². The molecule has 0 aromatic heterocycles. The largest absolute Gasteiger partial charge is 0.481 e. The predicted octanol–water partition coefficient (Wildman–Crippen LogP) is 1.80. The van der Waals surface area contributed by atoms with Crippen molar-refractivity contribution in [3.63, 3.8) is 0 Å². The zero-order valence-electron chi connectivity index (χ0n) is 10.4. The van der Waals surface area contributed by atoms with Gasteiger partial charge in [-0.25, -0.2) is 0 Å². The highest BCUT2D eigenvalue weighted by Gasteiger charge is 2.10. The summed E-state index contributed by atoms with van der Waals surface area (Å²) in [5, 5.41) is 11.4. The van der Waals surface area contributed by atoms with Crippen molar-refractivity contribution in [2.24, 2.45) is 5.92 Å². The summed E-state index contributed by atoms with van der Waals surface area (Å²) < 4.78 is 0. The van der Waals surface area contributed by atoms with Crippen LogP contribution in [-0.2, 0) is 9.59 Å². The van der Waals surface area contributed by atoms with Gasteiger partial charge in [0.05, 0.1) is 6.42 Å². The van der Waals surface area contributed by atoms with Crippen LogP contribution in [0.5, 0.6) is 0 Å². The van der Waals surface area contributed by atoms with E-state index in [0.717, 1.165) is 19.3 Å². The van der Waals surface area contributed by atoms with Crippen LogP contribution in [-0.4, -0.2) is 23.5 Å². The first-order valence-corrected chi connectivity index (χ1v) is 6.02. The zero-order chi connectivity index (χ0) is 13.1. The van der Waals surface area contributed by atoms with Crippen molar-refractivity contribution >= 4 is 11.9 Å². The Hall–Kier alpha value is -1.50. The van der Waals surface area contributed by atoms with Gasteiger partial charge in [-0.05, 0) is 18.8 Å². The molecule has 0 radical (unpaired) electrons. The predicted molar refractivity (Wildman–Crippen MR) is 66.3 cm³/mol. The first-order chi connectivity index (χ1) is 8.10. The zero-order valence-corrected chi connectivity index (χ0v) is 10.4. The van der Waals surface area contributed by atoms with Gasteiger partial charge in [0, 0.05) is 13.0 Å². The molecule has 2 N–H and O–H groups in total. The van der Waals surface area contributed by atoms with Crippen molar-refractivity contribution in [3.8, 4) is 12.3 Å². The summed E-state index contributed by atoms with van der Waals surface area (Å²) >= 11 is 0. The summed E-state index contributed by atoms with van der Waals surface area (Å²) in [5.41, 5.74) is 0. The highest BCUT2D eigenvalue weighted by Crippen LogP contribution is 2.17. The Labute approximate surface area is 103 Å². The van der Waals surface area contributed by atoms with Crippen molar-refractivity contribution < 1.29 is 14.7 Å². The van der Waals surface area contributed by atoms with Crippen LogP contribution >= 0.6 is 0 Å². The molecule has 0 saturated carbocycles. The number of amides is 1. The van der Waals surface area contributed by atoms with E-state index in [1.807, 2.05) is 0 Å². The van der Waals surface area contributed by atoms with Crippen LogP contribution in [0.15, 0.2) is 0 Å². The van der Waals surface area contributed by atoms with Gasteiger partial charge in [0.2, 0.25) is 5.91 Å². The Morgan fingerprint density at radius 2 is 2.06 bits per heavy atom. The summed E-state index contributed by atoms with van der Waals surface area (Å²) in [5.74, 6) is 1.74. The molecule has 4 heteroatoms. The molecule has 1 amide bonds. The fraction of sp³-hybridized carbons (Fsp3) is 0.692. The second-order valence-electron chi connectivity index (χ2n) is 4.11. The van der Waals surface area contributed by atoms with Crippen LogP contribution in [0.3, 0.4) is 0 Å². The average Bonchev–Trinajstić information content (AvgIpc) is 2.26. The number of hydrogen-bond donors (Lipinski definition) is 2. The maximum atomic E-state index is 11.1. The van der Waals surface area contributed by atoms with Gasteiger partial charge in [-0.1, -0.05) is 25.7 Å². The summed E-state index contributed by atoms with van der Waals surface area (Å²) in [7, 11) is 0. The first kappa shape index (κ1) is 15.5. The smallest absolute Gasteiger partial charge is 0.303 e.